The van der Waals surface area contributed by atoms with Crippen LogP contribution in [0.25, 0.3) is 0 Å². The Labute approximate surface area is 128 Å². The summed E-state index contributed by atoms with van der Waals surface area (Å²) in [7, 11) is 0. The summed E-state index contributed by atoms with van der Waals surface area (Å²) in [5.74, 6) is 1.76. The summed E-state index contributed by atoms with van der Waals surface area (Å²) in [6, 6.07) is 7.70. The Morgan fingerprint density at radius 1 is 1.30 bits per heavy atom. The number of nitrogens with two attached hydrogens (primary N) is 1. The Bertz CT molecular complexity index is 569. The first-order chi connectivity index (χ1) is 9.59. The normalized spacial score (nSPS) is 11.8. The van der Waals surface area contributed by atoms with E-state index in [4.69, 9.17) is 21.9 Å². The predicted molar refractivity (Wildman–Crippen MR) is 81.8 cm³/mol. The molecule has 0 saturated carbocycles. The lowest BCUT2D eigenvalue weighted by molar-refractivity contribution is 0.267. The fraction of sp³-hybridized carbons (Fsp3) is 0.429. The van der Waals surface area contributed by atoms with Crippen LogP contribution in [0.2, 0.25) is 5.02 Å². The summed E-state index contributed by atoms with van der Waals surface area (Å²) in [5.41, 5.74) is 5.71. The molecule has 0 fully saturated rings. The van der Waals surface area contributed by atoms with Crippen molar-refractivity contribution >= 4 is 23.4 Å². The highest BCUT2D eigenvalue weighted by Crippen LogP contribution is 2.30. The van der Waals surface area contributed by atoms with E-state index in [9.17, 15) is 0 Å². The van der Waals surface area contributed by atoms with Crippen LogP contribution >= 0.6 is 23.4 Å². The van der Waals surface area contributed by atoms with Crippen LogP contribution in [-0.2, 0) is 11.3 Å². The van der Waals surface area contributed by atoms with Crippen LogP contribution in [0.3, 0.4) is 0 Å². The second kappa shape index (κ2) is 6.61. The standard InChI is InChI=1S/C14H18ClN3OS/c1-3-14(16,4-2)13-17-12(18-19-13)9-20-11-8-6-5-7-10(11)15/h5-8H,3-4,9,16H2,1-2H3. The van der Waals surface area contributed by atoms with Gasteiger partial charge < -0.3 is 10.3 Å². The summed E-state index contributed by atoms with van der Waals surface area (Å²) >= 11 is 7.69. The number of aromatic nitrogens is 2. The Hall–Kier alpha value is -1.04. The molecule has 0 saturated heterocycles. The lowest BCUT2D eigenvalue weighted by Crippen LogP contribution is -2.35. The predicted octanol–water partition coefficient (Wildman–Crippen LogP) is 3.99. The van der Waals surface area contributed by atoms with Crippen molar-refractivity contribution in [3.63, 3.8) is 0 Å². The van der Waals surface area contributed by atoms with Gasteiger partial charge in [-0.3, -0.25) is 0 Å². The van der Waals surface area contributed by atoms with Gasteiger partial charge in [-0.1, -0.05) is 42.7 Å². The van der Waals surface area contributed by atoms with E-state index in [0.29, 0.717) is 17.5 Å². The van der Waals surface area contributed by atoms with Crippen molar-refractivity contribution in [2.45, 2.75) is 42.9 Å². The monoisotopic (exact) mass is 311 g/mol. The molecule has 1 aromatic heterocycles. The smallest absolute Gasteiger partial charge is 0.246 e. The fourth-order valence-electron chi connectivity index (χ4n) is 1.77. The van der Waals surface area contributed by atoms with Gasteiger partial charge in [-0.05, 0) is 25.0 Å². The van der Waals surface area contributed by atoms with Crippen LogP contribution in [-0.4, -0.2) is 10.1 Å². The minimum absolute atomic E-state index is 0.511. The first-order valence-electron chi connectivity index (χ1n) is 6.58. The molecule has 0 amide bonds. The number of rotatable bonds is 6. The highest BCUT2D eigenvalue weighted by Gasteiger charge is 2.29. The largest absolute Gasteiger partial charge is 0.337 e. The minimum atomic E-state index is -0.527. The third kappa shape index (κ3) is 3.34. The molecule has 0 spiro atoms. The third-order valence-corrected chi connectivity index (χ3v) is 4.86. The summed E-state index contributed by atoms with van der Waals surface area (Å²) in [5, 5.41) is 4.73. The van der Waals surface area contributed by atoms with Crippen molar-refractivity contribution < 1.29 is 4.52 Å². The Balaban J connectivity index is 2.05. The van der Waals surface area contributed by atoms with E-state index in [1.165, 1.54) is 0 Å². The van der Waals surface area contributed by atoms with E-state index in [-0.39, 0.29) is 0 Å². The van der Waals surface area contributed by atoms with Crippen LogP contribution in [0.15, 0.2) is 33.7 Å². The number of nitrogens with zero attached hydrogens (tertiary/aromatic N) is 2. The zero-order valence-corrected chi connectivity index (χ0v) is 13.2. The first kappa shape index (κ1) is 15.4. The summed E-state index contributed by atoms with van der Waals surface area (Å²) in [4.78, 5) is 5.41. The maximum atomic E-state index is 6.24. The van der Waals surface area contributed by atoms with Gasteiger partial charge in [0.1, 0.15) is 0 Å². The van der Waals surface area contributed by atoms with Gasteiger partial charge in [0.15, 0.2) is 5.82 Å². The molecule has 2 rings (SSSR count). The maximum absolute atomic E-state index is 6.24. The van der Waals surface area contributed by atoms with Crippen molar-refractivity contribution in [3.8, 4) is 0 Å². The maximum Gasteiger partial charge on any atom is 0.246 e. The molecule has 108 valence electrons. The fourth-order valence-corrected chi connectivity index (χ4v) is 2.85. The lowest BCUT2D eigenvalue weighted by atomic mass is 9.94. The molecule has 0 radical (unpaired) electrons. The van der Waals surface area contributed by atoms with E-state index in [1.807, 2.05) is 38.1 Å². The van der Waals surface area contributed by atoms with Gasteiger partial charge in [-0.25, -0.2) is 0 Å². The summed E-state index contributed by atoms with van der Waals surface area (Å²) in [6.45, 7) is 4.04. The molecule has 0 aliphatic rings. The topological polar surface area (TPSA) is 64.9 Å². The Morgan fingerprint density at radius 2 is 2.00 bits per heavy atom. The average Bonchev–Trinajstić information content (AvgIpc) is 2.95. The minimum Gasteiger partial charge on any atom is -0.337 e. The van der Waals surface area contributed by atoms with E-state index in [1.54, 1.807) is 11.8 Å². The molecule has 1 heterocycles. The van der Waals surface area contributed by atoms with Crippen molar-refractivity contribution in [2.24, 2.45) is 5.73 Å². The van der Waals surface area contributed by atoms with Gasteiger partial charge in [-0.2, -0.15) is 4.98 Å². The first-order valence-corrected chi connectivity index (χ1v) is 7.94. The number of thioether (sulfide) groups is 1. The molecular formula is C14H18ClN3OS. The highest BCUT2D eigenvalue weighted by atomic mass is 35.5. The van der Waals surface area contributed by atoms with Crippen molar-refractivity contribution in [2.75, 3.05) is 0 Å². The zero-order valence-electron chi connectivity index (χ0n) is 11.6. The van der Waals surface area contributed by atoms with Crippen LogP contribution < -0.4 is 5.73 Å². The summed E-state index contributed by atoms with van der Waals surface area (Å²) < 4.78 is 5.30. The van der Waals surface area contributed by atoms with Gasteiger partial charge in [-0.15, -0.1) is 11.8 Å². The van der Waals surface area contributed by atoms with Gasteiger partial charge >= 0.3 is 0 Å². The van der Waals surface area contributed by atoms with E-state index >= 15 is 0 Å². The average molecular weight is 312 g/mol. The molecule has 20 heavy (non-hydrogen) atoms. The Morgan fingerprint density at radius 3 is 2.65 bits per heavy atom. The quantitative estimate of drug-likeness (QED) is 0.817. The van der Waals surface area contributed by atoms with Gasteiger partial charge in [0.2, 0.25) is 5.89 Å². The molecule has 2 aromatic rings. The van der Waals surface area contributed by atoms with Gasteiger partial charge in [0.25, 0.3) is 0 Å². The van der Waals surface area contributed by atoms with Crippen LogP contribution in [0.1, 0.15) is 38.4 Å². The zero-order chi connectivity index (χ0) is 14.6. The molecule has 4 nitrogen and oxygen atoms in total. The van der Waals surface area contributed by atoms with E-state index < -0.39 is 5.54 Å². The van der Waals surface area contributed by atoms with Crippen LogP contribution in [0.4, 0.5) is 0 Å². The molecule has 2 N–H and O–H groups in total. The lowest BCUT2D eigenvalue weighted by Gasteiger charge is -2.20. The number of halogens is 1. The Kier molecular flexibility index (Phi) is 5.07. The molecule has 1 aromatic carbocycles. The van der Waals surface area contributed by atoms with Crippen LogP contribution in [0, 0.1) is 0 Å². The van der Waals surface area contributed by atoms with Crippen LogP contribution in [0.5, 0.6) is 0 Å². The number of benzene rings is 1. The van der Waals surface area contributed by atoms with Gasteiger partial charge in [0, 0.05) is 4.90 Å². The summed E-state index contributed by atoms with van der Waals surface area (Å²) in [6.07, 6.45) is 1.53. The SMILES string of the molecule is CCC(N)(CC)c1nc(CSc2ccccc2Cl)no1. The van der Waals surface area contributed by atoms with Gasteiger partial charge in [0.05, 0.1) is 16.3 Å². The molecule has 0 bridgehead atoms. The van der Waals surface area contributed by atoms with Crippen molar-refractivity contribution in [1.82, 2.24) is 10.1 Å². The second-order valence-corrected chi connectivity index (χ2v) is 6.02. The number of hydrogen-bond donors (Lipinski definition) is 1. The van der Waals surface area contributed by atoms with E-state index in [2.05, 4.69) is 10.1 Å². The molecule has 0 aliphatic heterocycles. The molecule has 0 aliphatic carbocycles. The second-order valence-electron chi connectivity index (χ2n) is 4.60. The third-order valence-electron chi connectivity index (χ3n) is 3.35. The van der Waals surface area contributed by atoms with Crippen molar-refractivity contribution in [3.05, 3.63) is 41.0 Å². The highest BCUT2D eigenvalue weighted by molar-refractivity contribution is 7.98. The number of hydrogen-bond acceptors (Lipinski definition) is 5. The van der Waals surface area contributed by atoms with Crippen molar-refractivity contribution in [1.29, 1.82) is 0 Å². The molecule has 0 unspecified atom stereocenters. The van der Waals surface area contributed by atoms with E-state index in [0.717, 1.165) is 22.8 Å². The molecular weight excluding hydrogens is 294 g/mol. The molecule has 6 heteroatoms. The molecule has 0 atom stereocenters.